The SMILES string of the molecule is CC(/C=C/c1ccccc1)=N\NC(=O)CN(C)C.Cl. The third-order valence-electron chi connectivity index (χ3n) is 2.13. The molecule has 1 aromatic rings. The smallest absolute Gasteiger partial charge is 0.254 e. The van der Waals surface area contributed by atoms with Crippen molar-refractivity contribution < 1.29 is 4.79 Å². The molecule has 4 nitrogen and oxygen atoms in total. The quantitative estimate of drug-likeness (QED) is 0.664. The van der Waals surface area contributed by atoms with Crippen molar-refractivity contribution in [3.63, 3.8) is 0 Å². The summed E-state index contributed by atoms with van der Waals surface area (Å²) in [4.78, 5) is 13.1. The monoisotopic (exact) mass is 281 g/mol. The fourth-order valence-corrected chi connectivity index (χ4v) is 1.29. The molecule has 19 heavy (non-hydrogen) atoms. The molecule has 0 bridgehead atoms. The molecule has 0 aliphatic heterocycles. The molecule has 0 radical (unpaired) electrons. The lowest BCUT2D eigenvalue weighted by Gasteiger charge is -2.07. The predicted molar refractivity (Wildman–Crippen MR) is 82.5 cm³/mol. The molecule has 1 N–H and O–H groups in total. The van der Waals surface area contributed by atoms with E-state index in [0.717, 1.165) is 11.3 Å². The van der Waals surface area contributed by atoms with Crippen molar-refractivity contribution >= 4 is 30.1 Å². The number of hydrazone groups is 1. The Kier molecular flexibility index (Phi) is 8.49. The maximum atomic E-state index is 11.3. The van der Waals surface area contributed by atoms with Gasteiger partial charge >= 0.3 is 0 Å². The van der Waals surface area contributed by atoms with Crippen molar-refractivity contribution in [3.8, 4) is 0 Å². The Bertz CT molecular complexity index is 441. The highest BCUT2D eigenvalue weighted by molar-refractivity contribution is 5.97. The standard InChI is InChI=1S/C14H19N3O.ClH/c1-12(15-16-14(18)11-17(2)3)9-10-13-7-5-4-6-8-13;/h4-10H,11H2,1-3H3,(H,16,18);1H/b10-9+,15-12+;. The fraction of sp³-hybridized carbons (Fsp3) is 0.286. The van der Waals surface area contributed by atoms with Gasteiger partial charge in [-0.3, -0.25) is 4.79 Å². The summed E-state index contributed by atoms with van der Waals surface area (Å²) in [6.07, 6.45) is 3.82. The van der Waals surface area contributed by atoms with Crippen LogP contribution >= 0.6 is 12.4 Å². The van der Waals surface area contributed by atoms with Gasteiger partial charge in [0.1, 0.15) is 0 Å². The second-order valence-electron chi connectivity index (χ2n) is 4.27. The van der Waals surface area contributed by atoms with Gasteiger partial charge in [-0.2, -0.15) is 5.10 Å². The number of carbonyl (C=O) groups is 1. The molecule has 104 valence electrons. The topological polar surface area (TPSA) is 44.7 Å². The van der Waals surface area contributed by atoms with E-state index in [1.807, 2.05) is 63.5 Å². The minimum Gasteiger partial charge on any atom is -0.301 e. The molecular formula is C14H20ClN3O. The summed E-state index contributed by atoms with van der Waals surface area (Å²) in [5, 5.41) is 4.00. The number of likely N-dealkylation sites (N-methyl/N-ethyl adjacent to an activating group) is 1. The van der Waals surface area contributed by atoms with Crippen LogP contribution in [-0.4, -0.2) is 37.2 Å². The Morgan fingerprint density at radius 3 is 2.53 bits per heavy atom. The van der Waals surface area contributed by atoms with Gasteiger partial charge in [0.05, 0.1) is 12.3 Å². The van der Waals surface area contributed by atoms with Gasteiger partial charge in [0, 0.05) is 0 Å². The Hall–Kier alpha value is -1.65. The van der Waals surface area contributed by atoms with Gasteiger partial charge < -0.3 is 4.90 Å². The summed E-state index contributed by atoms with van der Waals surface area (Å²) in [6, 6.07) is 9.94. The van der Waals surface area contributed by atoms with Crippen LogP contribution in [0.1, 0.15) is 12.5 Å². The zero-order chi connectivity index (χ0) is 13.4. The molecule has 0 spiro atoms. The molecule has 0 aromatic heterocycles. The fourth-order valence-electron chi connectivity index (χ4n) is 1.29. The number of hydrogen-bond donors (Lipinski definition) is 1. The first-order chi connectivity index (χ1) is 8.58. The molecule has 0 aliphatic rings. The normalized spacial score (nSPS) is 11.5. The number of rotatable bonds is 5. The lowest BCUT2D eigenvalue weighted by atomic mass is 10.2. The molecule has 1 amide bonds. The van der Waals surface area contributed by atoms with Crippen molar-refractivity contribution in [2.75, 3.05) is 20.6 Å². The molecule has 0 heterocycles. The maximum absolute atomic E-state index is 11.3. The van der Waals surface area contributed by atoms with Crippen molar-refractivity contribution in [2.45, 2.75) is 6.92 Å². The third-order valence-corrected chi connectivity index (χ3v) is 2.13. The van der Waals surface area contributed by atoms with Crippen LogP contribution in [-0.2, 0) is 4.79 Å². The Morgan fingerprint density at radius 1 is 1.32 bits per heavy atom. The number of carbonyl (C=O) groups excluding carboxylic acids is 1. The second-order valence-corrected chi connectivity index (χ2v) is 4.27. The van der Waals surface area contributed by atoms with Crippen molar-refractivity contribution in [1.82, 2.24) is 10.3 Å². The lowest BCUT2D eigenvalue weighted by molar-refractivity contribution is -0.121. The molecule has 0 aliphatic carbocycles. The van der Waals surface area contributed by atoms with Gasteiger partial charge in [-0.25, -0.2) is 5.43 Å². The summed E-state index contributed by atoms with van der Waals surface area (Å²) in [6.45, 7) is 2.18. The van der Waals surface area contributed by atoms with Crippen molar-refractivity contribution in [3.05, 3.63) is 42.0 Å². The molecule has 1 rings (SSSR count). The highest BCUT2D eigenvalue weighted by Crippen LogP contribution is 2.00. The summed E-state index contributed by atoms with van der Waals surface area (Å²) in [7, 11) is 3.68. The molecule has 0 unspecified atom stereocenters. The first kappa shape index (κ1) is 17.4. The molecule has 1 aromatic carbocycles. The minimum absolute atomic E-state index is 0. The van der Waals surface area contributed by atoms with Gasteiger partial charge in [0.25, 0.3) is 5.91 Å². The molecule has 0 saturated carbocycles. The number of benzene rings is 1. The van der Waals surface area contributed by atoms with Crippen LogP contribution in [0.3, 0.4) is 0 Å². The van der Waals surface area contributed by atoms with E-state index in [2.05, 4.69) is 10.5 Å². The number of hydrogen-bond acceptors (Lipinski definition) is 3. The Balaban J connectivity index is 0.00000324. The number of amides is 1. The zero-order valence-corrected chi connectivity index (χ0v) is 12.3. The zero-order valence-electron chi connectivity index (χ0n) is 11.5. The first-order valence-corrected chi connectivity index (χ1v) is 5.79. The summed E-state index contributed by atoms with van der Waals surface area (Å²) < 4.78 is 0. The van der Waals surface area contributed by atoms with E-state index in [9.17, 15) is 4.79 Å². The van der Waals surface area contributed by atoms with E-state index in [-0.39, 0.29) is 18.3 Å². The van der Waals surface area contributed by atoms with Crippen LogP contribution < -0.4 is 5.43 Å². The van der Waals surface area contributed by atoms with Gasteiger partial charge in [-0.15, -0.1) is 12.4 Å². The van der Waals surface area contributed by atoms with E-state index >= 15 is 0 Å². The van der Waals surface area contributed by atoms with Crippen molar-refractivity contribution in [1.29, 1.82) is 0 Å². The van der Waals surface area contributed by atoms with E-state index in [4.69, 9.17) is 0 Å². The lowest BCUT2D eigenvalue weighted by Crippen LogP contribution is -2.30. The number of halogens is 1. The maximum Gasteiger partial charge on any atom is 0.254 e. The van der Waals surface area contributed by atoms with Crippen LogP contribution in [0, 0.1) is 0 Å². The third kappa shape index (κ3) is 8.13. The van der Waals surface area contributed by atoms with Gasteiger partial charge in [-0.05, 0) is 32.7 Å². The predicted octanol–water partition coefficient (Wildman–Crippen LogP) is 2.18. The van der Waals surface area contributed by atoms with Gasteiger partial charge in [0.15, 0.2) is 0 Å². The summed E-state index contributed by atoms with van der Waals surface area (Å²) in [5.41, 5.74) is 4.37. The number of nitrogens with zero attached hydrogens (tertiary/aromatic N) is 2. The molecule has 0 saturated heterocycles. The highest BCUT2D eigenvalue weighted by Gasteiger charge is 2.00. The van der Waals surface area contributed by atoms with Crippen LogP contribution in [0.15, 0.2) is 41.5 Å². The average molecular weight is 282 g/mol. The molecule has 5 heteroatoms. The summed E-state index contributed by atoms with van der Waals surface area (Å²) in [5.74, 6) is -0.118. The van der Waals surface area contributed by atoms with Crippen LogP contribution in [0.4, 0.5) is 0 Å². The highest BCUT2D eigenvalue weighted by atomic mass is 35.5. The average Bonchev–Trinajstić information content (AvgIpc) is 2.34. The minimum atomic E-state index is -0.118. The second kappa shape index (κ2) is 9.30. The van der Waals surface area contributed by atoms with Gasteiger partial charge in [-0.1, -0.05) is 36.4 Å². The van der Waals surface area contributed by atoms with Crippen LogP contribution in [0.25, 0.3) is 6.08 Å². The van der Waals surface area contributed by atoms with Crippen LogP contribution in [0.5, 0.6) is 0 Å². The molecule has 0 atom stereocenters. The van der Waals surface area contributed by atoms with E-state index in [1.54, 1.807) is 4.90 Å². The van der Waals surface area contributed by atoms with E-state index in [0.29, 0.717) is 6.54 Å². The summed E-state index contributed by atoms with van der Waals surface area (Å²) >= 11 is 0. The van der Waals surface area contributed by atoms with Crippen molar-refractivity contribution in [2.24, 2.45) is 5.10 Å². The van der Waals surface area contributed by atoms with E-state index in [1.165, 1.54) is 0 Å². The Morgan fingerprint density at radius 2 is 1.95 bits per heavy atom. The number of nitrogens with one attached hydrogen (secondary N) is 1. The molecule has 0 fully saturated rings. The first-order valence-electron chi connectivity index (χ1n) is 5.79. The van der Waals surface area contributed by atoms with Gasteiger partial charge in [0.2, 0.25) is 0 Å². The Labute approximate surface area is 120 Å². The van der Waals surface area contributed by atoms with Crippen LogP contribution in [0.2, 0.25) is 0 Å². The molecular weight excluding hydrogens is 262 g/mol. The largest absolute Gasteiger partial charge is 0.301 e. The number of allylic oxidation sites excluding steroid dienone is 1. The van der Waals surface area contributed by atoms with E-state index < -0.39 is 0 Å².